The third-order valence-corrected chi connectivity index (χ3v) is 3.73. The summed E-state index contributed by atoms with van der Waals surface area (Å²) in [7, 11) is 0. The molecule has 4 nitrogen and oxygen atoms in total. The zero-order valence-corrected chi connectivity index (χ0v) is 15.2. The SMILES string of the molecule is CCCC[C@](C)(OCC)C(=O)Nc1ccc(OCCBr)cc1. The number of anilines is 1. The molecule has 0 aliphatic carbocycles. The van der Waals surface area contributed by atoms with Crippen LogP contribution in [0.5, 0.6) is 5.75 Å². The Hall–Kier alpha value is -1.07. The lowest BCUT2D eigenvalue weighted by atomic mass is 9.97. The molecule has 22 heavy (non-hydrogen) atoms. The lowest BCUT2D eigenvalue weighted by Crippen LogP contribution is -2.42. The van der Waals surface area contributed by atoms with Crippen molar-refractivity contribution in [3.05, 3.63) is 24.3 Å². The number of carbonyl (C=O) groups excluding carboxylic acids is 1. The molecule has 0 saturated carbocycles. The zero-order valence-electron chi connectivity index (χ0n) is 13.7. The molecule has 0 saturated heterocycles. The number of rotatable bonds is 10. The molecular formula is C17H26BrNO3. The highest BCUT2D eigenvalue weighted by molar-refractivity contribution is 9.09. The van der Waals surface area contributed by atoms with Crippen LogP contribution in [0.1, 0.15) is 40.0 Å². The fourth-order valence-corrected chi connectivity index (χ4v) is 2.30. The largest absolute Gasteiger partial charge is 0.493 e. The van der Waals surface area contributed by atoms with Gasteiger partial charge in [-0.3, -0.25) is 4.79 Å². The lowest BCUT2D eigenvalue weighted by molar-refractivity contribution is -0.139. The van der Waals surface area contributed by atoms with Crippen LogP contribution in [0.3, 0.4) is 0 Å². The molecule has 1 aromatic rings. The molecule has 1 atom stereocenters. The number of nitrogens with one attached hydrogen (secondary N) is 1. The number of benzene rings is 1. The second kappa shape index (κ2) is 9.85. The van der Waals surface area contributed by atoms with Crippen molar-refractivity contribution >= 4 is 27.5 Å². The van der Waals surface area contributed by atoms with Crippen molar-refractivity contribution < 1.29 is 14.3 Å². The van der Waals surface area contributed by atoms with Gasteiger partial charge in [-0.05, 0) is 44.5 Å². The Labute approximate surface area is 141 Å². The first kappa shape index (κ1) is 19.0. The fraction of sp³-hybridized carbons (Fsp3) is 0.588. The van der Waals surface area contributed by atoms with Gasteiger partial charge in [-0.1, -0.05) is 35.7 Å². The van der Waals surface area contributed by atoms with E-state index < -0.39 is 5.60 Å². The minimum atomic E-state index is -0.782. The van der Waals surface area contributed by atoms with Crippen molar-refractivity contribution in [2.75, 3.05) is 23.9 Å². The Morgan fingerprint density at radius 2 is 1.95 bits per heavy atom. The number of carbonyl (C=O) groups is 1. The maximum absolute atomic E-state index is 12.5. The molecule has 1 amide bonds. The Balaban J connectivity index is 2.68. The second-order valence-corrected chi connectivity index (χ2v) is 6.08. The van der Waals surface area contributed by atoms with Crippen molar-refractivity contribution in [2.24, 2.45) is 0 Å². The molecule has 1 rings (SSSR count). The van der Waals surface area contributed by atoms with Crippen LogP contribution in [-0.4, -0.2) is 30.1 Å². The highest BCUT2D eigenvalue weighted by atomic mass is 79.9. The van der Waals surface area contributed by atoms with Crippen molar-refractivity contribution in [3.63, 3.8) is 0 Å². The van der Waals surface area contributed by atoms with Crippen LogP contribution in [0.25, 0.3) is 0 Å². The standard InChI is InChI=1S/C17H26BrNO3/c1-4-6-11-17(3,22-5-2)16(20)19-14-7-9-15(10-8-14)21-13-12-18/h7-10H,4-6,11-13H2,1-3H3,(H,19,20)/t17-/m0/s1. The number of halogens is 1. The van der Waals surface area contributed by atoms with Gasteiger partial charge in [0.1, 0.15) is 11.4 Å². The predicted octanol–water partition coefficient (Wildman–Crippen LogP) is 4.38. The Morgan fingerprint density at radius 1 is 1.27 bits per heavy atom. The quantitative estimate of drug-likeness (QED) is 0.620. The molecule has 0 aliphatic rings. The van der Waals surface area contributed by atoms with Gasteiger partial charge in [0.25, 0.3) is 5.91 Å². The summed E-state index contributed by atoms with van der Waals surface area (Å²) < 4.78 is 11.2. The summed E-state index contributed by atoms with van der Waals surface area (Å²) in [5.41, 5.74) is -0.0331. The van der Waals surface area contributed by atoms with Crippen LogP contribution in [0.15, 0.2) is 24.3 Å². The van der Waals surface area contributed by atoms with Gasteiger partial charge in [-0.2, -0.15) is 0 Å². The van der Waals surface area contributed by atoms with Gasteiger partial charge < -0.3 is 14.8 Å². The summed E-state index contributed by atoms with van der Waals surface area (Å²) in [5.74, 6) is 0.688. The lowest BCUT2D eigenvalue weighted by Gasteiger charge is -2.28. The van der Waals surface area contributed by atoms with E-state index in [9.17, 15) is 4.79 Å². The van der Waals surface area contributed by atoms with Crippen molar-refractivity contribution in [3.8, 4) is 5.75 Å². The molecule has 1 aromatic carbocycles. The van der Waals surface area contributed by atoms with Gasteiger partial charge in [0.05, 0.1) is 6.61 Å². The highest BCUT2D eigenvalue weighted by Gasteiger charge is 2.33. The predicted molar refractivity (Wildman–Crippen MR) is 93.9 cm³/mol. The third kappa shape index (κ3) is 5.97. The van der Waals surface area contributed by atoms with Crippen LogP contribution in [0.2, 0.25) is 0 Å². The van der Waals surface area contributed by atoms with Gasteiger partial charge in [-0.25, -0.2) is 0 Å². The third-order valence-electron chi connectivity index (χ3n) is 3.41. The average molecular weight is 372 g/mol. The number of alkyl halides is 1. The van der Waals surface area contributed by atoms with E-state index in [2.05, 4.69) is 28.2 Å². The average Bonchev–Trinajstić information content (AvgIpc) is 2.52. The molecule has 0 radical (unpaired) electrons. The smallest absolute Gasteiger partial charge is 0.256 e. The van der Waals surface area contributed by atoms with Crippen molar-refractivity contribution in [2.45, 2.75) is 45.6 Å². The minimum Gasteiger partial charge on any atom is -0.493 e. The minimum absolute atomic E-state index is 0.100. The highest BCUT2D eigenvalue weighted by Crippen LogP contribution is 2.23. The van der Waals surface area contributed by atoms with Crippen LogP contribution in [0.4, 0.5) is 5.69 Å². The van der Waals surface area contributed by atoms with Gasteiger partial charge >= 0.3 is 0 Å². The summed E-state index contributed by atoms with van der Waals surface area (Å²) in [6.45, 7) is 7.01. The monoisotopic (exact) mass is 371 g/mol. The van der Waals surface area contributed by atoms with E-state index in [4.69, 9.17) is 9.47 Å². The molecule has 1 N–H and O–H groups in total. The summed E-state index contributed by atoms with van der Waals surface area (Å²) in [4.78, 5) is 12.5. The van der Waals surface area contributed by atoms with Crippen LogP contribution >= 0.6 is 15.9 Å². The number of hydrogen-bond acceptors (Lipinski definition) is 3. The first-order valence-corrected chi connectivity index (χ1v) is 8.92. The van der Waals surface area contributed by atoms with E-state index in [-0.39, 0.29) is 5.91 Å². The first-order valence-electron chi connectivity index (χ1n) is 7.80. The number of amides is 1. The van der Waals surface area contributed by atoms with E-state index >= 15 is 0 Å². The van der Waals surface area contributed by atoms with Gasteiger partial charge in [0.2, 0.25) is 0 Å². The van der Waals surface area contributed by atoms with E-state index in [0.29, 0.717) is 13.2 Å². The first-order chi connectivity index (χ1) is 10.6. The van der Waals surface area contributed by atoms with E-state index in [1.165, 1.54) is 0 Å². The summed E-state index contributed by atoms with van der Waals surface area (Å²) >= 11 is 3.32. The van der Waals surface area contributed by atoms with Gasteiger partial charge in [0.15, 0.2) is 0 Å². The molecule has 0 bridgehead atoms. The normalized spacial score (nSPS) is 13.5. The molecule has 0 spiro atoms. The Kier molecular flexibility index (Phi) is 8.49. The van der Waals surface area contributed by atoms with Crippen LogP contribution in [-0.2, 0) is 9.53 Å². The molecule has 0 unspecified atom stereocenters. The van der Waals surface area contributed by atoms with E-state index in [1.54, 1.807) is 0 Å². The number of unbranched alkanes of at least 4 members (excludes halogenated alkanes) is 1. The molecule has 0 heterocycles. The van der Waals surface area contributed by atoms with E-state index in [0.717, 1.165) is 36.0 Å². The molecular weight excluding hydrogens is 346 g/mol. The summed E-state index contributed by atoms with van der Waals surface area (Å²) in [5, 5.41) is 3.72. The van der Waals surface area contributed by atoms with Crippen LogP contribution in [0, 0.1) is 0 Å². The molecule has 0 aromatic heterocycles. The Bertz CT molecular complexity index is 450. The second-order valence-electron chi connectivity index (χ2n) is 5.28. The van der Waals surface area contributed by atoms with Crippen LogP contribution < -0.4 is 10.1 Å². The molecule has 5 heteroatoms. The van der Waals surface area contributed by atoms with Crippen molar-refractivity contribution in [1.29, 1.82) is 0 Å². The number of ether oxygens (including phenoxy) is 2. The maximum Gasteiger partial charge on any atom is 0.256 e. The molecule has 0 aliphatic heterocycles. The fourth-order valence-electron chi connectivity index (χ4n) is 2.14. The number of hydrogen-bond donors (Lipinski definition) is 1. The molecule has 0 fully saturated rings. The Morgan fingerprint density at radius 3 is 2.50 bits per heavy atom. The zero-order chi connectivity index (χ0) is 16.4. The summed E-state index contributed by atoms with van der Waals surface area (Å²) in [6, 6.07) is 7.38. The maximum atomic E-state index is 12.5. The van der Waals surface area contributed by atoms with E-state index in [1.807, 2.05) is 38.1 Å². The van der Waals surface area contributed by atoms with Gasteiger partial charge in [-0.15, -0.1) is 0 Å². The van der Waals surface area contributed by atoms with Gasteiger partial charge in [0, 0.05) is 17.6 Å². The molecule has 124 valence electrons. The summed E-state index contributed by atoms with van der Waals surface area (Å²) in [6.07, 6.45) is 2.72. The topological polar surface area (TPSA) is 47.6 Å². The van der Waals surface area contributed by atoms with Crippen molar-refractivity contribution in [1.82, 2.24) is 0 Å².